The summed E-state index contributed by atoms with van der Waals surface area (Å²) in [7, 11) is 1.81. The highest BCUT2D eigenvalue weighted by Crippen LogP contribution is 2.24. The van der Waals surface area contributed by atoms with E-state index in [4.69, 9.17) is 0 Å². The van der Waals surface area contributed by atoms with Gasteiger partial charge in [0.15, 0.2) is 0 Å². The van der Waals surface area contributed by atoms with Gasteiger partial charge in [-0.1, -0.05) is 18.7 Å². The summed E-state index contributed by atoms with van der Waals surface area (Å²) in [5.41, 5.74) is 2.33. The Bertz CT molecular complexity index is 780. The number of rotatable bonds is 9. The molecule has 170 valence electrons. The molecule has 0 unspecified atom stereocenters. The van der Waals surface area contributed by atoms with E-state index in [9.17, 15) is 9.18 Å². The van der Waals surface area contributed by atoms with Crippen molar-refractivity contribution in [3.8, 4) is 0 Å². The lowest BCUT2D eigenvalue weighted by Gasteiger charge is -2.47. The Balaban J connectivity index is 1.55. The fourth-order valence-corrected chi connectivity index (χ4v) is 5.55. The van der Waals surface area contributed by atoms with Crippen LogP contribution in [0.15, 0.2) is 42.5 Å². The maximum atomic E-state index is 13.8. The second-order valence-electron chi connectivity index (χ2n) is 8.74. The Labute approximate surface area is 191 Å². The van der Waals surface area contributed by atoms with Crippen LogP contribution < -0.4 is 0 Å². The number of amides is 1. The van der Waals surface area contributed by atoms with Gasteiger partial charge in [-0.2, -0.15) is 11.8 Å². The molecule has 0 spiro atoms. The van der Waals surface area contributed by atoms with E-state index in [2.05, 4.69) is 34.2 Å². The Morgan fingerprint density at radius 1 is 1.32 bits per heavy atom. The van der Waals surface area contributed by atoms with Crippen molar-refractivity contribution in [1.82, 2.24) is 14.7 Å². The molecule has 0 aromatic heterocycles. The average molecular weight is 446 g/mol. The Morgan fingerprint density at radius 3 is 2.65 bits per heavy atom. The third-order valence-corrected chi connectivity index (χ3v) is 7.41. The van der Waals surface area contributed by atoms with Crippen LogP contribution in [0, 0.1) is 18.7 Å². The summed E-state index contributed by atoms with van der Waals surface area (Å²) in [6.45, 7) is 14.2. The minimum absolute atomic E-state index is 0.140. The van der Waals surface area contributed by atoms with Crippen LogP contribution in [0.5, 0.6) is 0 Å². The Hall–Kier alpha value is -1.63. The minimum atomic E-state index is -0.367. The first-order valence-corrected chi connectivity index (χ1v) is 12.4. The summed E-state index contributed by atoms with van der Waals surface area (Å²) in [6, 6.07) is 5.23. The van der Waals surface area contributed by atoms with Crippen molar-refractivity contribution in [3.05, 3.63) is 59.4 Å². The highest BCUT2D eigenvalue weighted by atomic mass is 32.2. The Morgan fingerprint density at radius 2 is 2.03 bits per heavy atom. The van der Waals surface area contributed by atoms with Crippen molar-refractivity contribution in [3.63, 3.8) is 0 Å². The summed E-state index contributed by atoms with van der Waals surface area (Å²) in [4.78, 5) is 19.8. The first kappa shape index (κ1) is 24.0. The minimum Gasteiger partial charge on any atom is -0.341 e. The van der Waals surface area contributed by atoms with Gasteiger partial charge in [-0.25, -0.2) is 4.39 Å². The van der Waals surface area contributed by atoms with Crippen molar-refractivity contribution >= 4 is 17.7 Å². The van der Waals surface area contributed by atoms with Crippen LogP contribution in [0.1, 0.15) is 29.3 Å². The van der Waals surface area contributed by atoms with Gasteiger partial charge in [-0.3, -0.25) is 9.69 Å². The van der Waals surface area contributed by atoms with Gasteiger partial charge in [0.1, 0.15) is 5.82 Å². The lowest BCUT2D eigenvalue weighted by atomic mass is 9.93. The number of nitrogens with zero attached hydrogens (tertiary/aromatic N) is 3. The fraction of sp³-hybridized carbons (Fsp3) is 0.560. The van der Waals surface area contributed by atoms with E-state index in [1.807, 2.05) is 13.0 Å². The van der Waals surface area contributed by atoms with Crippen LogP contribution in [-0.2, 0) is 0 Å². The average Bonchev–Trinajstić information content (AvgIpc) is 2.72. The van der Waals surface area contributed by atoms with Crippen molar-refractivity contribution in [1.29, 1.82) is 0 Å². The number of halogens is 1. The lowest BCUT2D eigenvalue weighted by Crippen LogP contribution is -2.61. The summed E-state index contributed by atoms with van der Waals surface area (Å²) >= 11 is 2.06. The van der Waals surface area contributed by atoms with E-state index in [0.29, 0.717) is 18.2 Å². The number of hydrogen-bond donors (Lipinski definition) is 0. The number of carbonyl (C=O) groups excluding carboxylic acids is 1. The molecular weight excluding hydrogens is 409 g/mol. The quantitative estimate of drug-likeness (QED) is 0.535. The molecule has 1 amide bonds. The molecule has 1 aromatic rings. The topological polar surface area (TPSA) is 26.8 Å². The number of carbonyl (C=O) groups is 1. The zero-order valence-corrected chi connectivity index (χ0v) is 20.0. The van der Waals surface area contributed by atoms with E-state index < -0.39 is 0 Å². The monoisotopic (exact) mass is 445 g/mol. The molecule has 2 fully saturated rings. The maximum Gasteiger partial charge on any atom is 0.253 e. The molecule has 1 aromatic carbocycles. The predicted octanol–water partition coefficient (Wildman–Crippen LogP) is 4.08. The zero-order chi connectivity index (χ0) is 22.4. The van der Waals surface area contributed by atoms with Crippen molar-refractivity contribution < 1.29 is 9.18 Å². The van der Waals surface area contributed by atoms with E-state index in [1.165, 1.54) is 42.3 Å². The number of hydrogen-bond acceptors (Lipinski definition) is 4. The molecule has 3 rings (SSSR count). The highest BCUT2D eigenvalue weighted by Gasteiger charge is 2.32. The van der Waals surface area contributed by atoms with Crippen molar-refractivity contribution in [2.45, 2.75) is 26.3 Å². The number of allylic oxidation sites excluding steroid dienone is 2. The molecule has 1 atom stereocenters. The summed E-state index contributed by atoms with van der Waals surface area (Å²) in [5, 5.41) is 0. The van der Waals surface area contributed by atoms with Crippen LogP contribution in [0.2, 0.25) is 0 Å². The number of thioether (sulfide) groups is 1. The summed E-state index contributed by atoms with van der Waals surface area (Å²) < 4.78 is 13.8. The van der Waals surface area contributed by atoms with Gasteiger partial charge in [0.25, 0.3) is 5.91 Å². The maximum absolute atomic E-state index is 13.8. The van der Waals surface area contributed by atoms with Crippen LogP contribution in [0.4, 0.5) is 4.39 Å². The summed E-state index contributed by atoms with van der Waals surface area (Å²) in [5.74, 6) is 2.23. The smallest absolute Gasteiger partial charge is 0.253 e. The predicted molar refractivity (Wildman–Crippen MR) is 129 cm³/mol. The van der Waals surface area contributed by atoms with Crippen LogP contribution >= 0.6 is 11.8 Å². The largest absolute Gasteiger partial charge is 0.341 e. The lowest BCUT2D eigenvalue weighted by molar-refractivity contribution is 0.0361. The Kier molecular flexibility index (Phi) is 8.76. The van der Waals surface area contributed by atoms with Crippen LogP contribution in [0.25, 0.3) is 0 Å². The van der Waals surface area contributed by atoms with Gasteiger partial charge in [0, 0.05) is 68.8 Å². The molecule has 2 aliphatic rings. The summed E-state index contributed by atoms with van der Waals surface area (Å²) in [6.07, 6.45) is 4.97. The third kappa shape index (κ3) is 6.43. The van der Waals surface area contributed by atoms with Gasteiger partial charge in [-0.15, -0.1) is 0 Å². The van der Waals surface area contributed by atoms with Gasteiger partial charge < -0.3 is 9.80 Å². The molecule has 2 saturated heterocycles. The van der Waals surface area contributed by atoms with E-state index >= 15 is 0 Å². The van der Waals surface area contributed by atoms with Gasteiger partial charge in [0.2, 0.25) is 0 Å². The second kappa shape index (κ2) is 11.3. The molecule has 0 saturated carbocycles. The molecule has 0 bridgehead atoms. The normalized spacial score (nSPS) is 19.7. The molecular formula is C25H36FN3OS. The SMILES string of the molecule is C=C/C(=C\C)[C@H](CCN1CC(N2CCSCC2)C1)CN(C)C(=O)c1cc(C)cc(F)c1. The van der Waals surface area contributed by atoms with Gasteiger partial charge in [-0.05, 0) is 56.1 Å². The van der Waals surface area contributed by atoms with E-state index in [-0.39, 0.29) is 17.6 Å². The molecule has 4 nitrogen and oxygen atoms in total. The third-order valence-electron chi connectivity index (χ3n) is 6.46. The molecule has 31 heavy (non-hydrogen) atoms. The highest BCUT2D eigenvalue weighted by molar-refractivity contribution is 7.99. The van der Waals surface area contributed by atoms with Crippen LogP contribution in [0.3, 0.4) is 0 Å². The van der Waals surface area contributed by atoms with E-state index in [0.717, 1.165) is 31.6 Å². The molecule has 0 N–H and O–H groups in total. The molecule has 0 radical (unpaired) electrons. The molecule has 0 aliphatic carbocycles. The van der Waals surface area contributed by atoms with E-state index in [1.54, 1.807) is 24.9 Å². The molecule has 2 aliphatic heterocycles. The first-order valence-electron chi connectivity index (χ1n) is 11.3. The molecule has 2 heterocycles. The number of benzene rings is 1. The van der Waals surface area contributed by atoms with Gasteiger partial charge >= 0.3 is 0 Å². The number of aryl methyl sites for hydroxylation is 1. The standard InChI is InChI=1S/C25H36FN3OS/c1-5-20(6-2)21(7-8-28-17-24(18-28)29-9-11-31-12-10-29)16-27(4)25(30)22-13-19(3)14-23(26)15-22/h5-6,13-15,21,24H,1,7-12,16-18H2,2-4H3/b20-6+/t21-/m1/s1. The fourth-order valence-electron chi connectivity index (χ4n) is 4.61. The first-order chi connectivity index (χ1) is 14.9. The van der Waals surface area contributed by atoms with Crippen LogP contribution in [-0.4, -0.2) is 84.5 Å². The van der Waals surface area contributed by atoms with Crippen molar-refractivity contribution in [2.75, 3.05) is 57.8 Å². The van der Waals surface area contributed by atoms with Gasteiger partial charge in [0.05, 0.1) is 0 Å². The van der Waals surface area contributed by atoms with Crippen molar-refractivity contribution in [2.24, 2.45) is 5.92 Å². The second-order valence-corrected chi connectivity index (χ2v) is 9.97. The zero-order valence-electron chi connectivity index (χ0n) is 19.1. The number of likely N-dealkylation sites (tertiary alicyclic amines) is 1. The molecule has 6 heteroatoms.